The molecule has 2 aromatic rings. The molecule has 1 aromatic carbocycles. The van der Waals surface area contributed by atoms with Crippen molar-refractivity contribution in [3.8, 4) is 11.3 Å². The van der Waals surface area contributed by atoms with Gasteiger partial charge >= 0.3 is 0 Å². The maximum Gasteiger partial charge on any atom is 0.151 e. The zero-order chi connectivity index (χ0) is 13.9. The minimum absolute atomic E-state index is 1.02. The van der Waals surface area contributed by atoms with E-state index in [0.29, 0.717) is 0 Å². The van der Waals surface area contributed by atoms with E-state index in [1.54, 1.807) is 0 Å². The Morgan fingerprint density at radius 3 is 2.60 bits per heavy atom. The van der Waals surface area contributed by atoms with Gasteiger partial charge in [-0.3, -0.25) is 5.10 Å². The van der Waals surface area contributed by atoms with Gasteiger partial charge in [-0.05, 0) is 38.9 Å². The molecule has 20 heavy (non-hydrogen) atoms. The molecule has 1 aliphatic heterocycles. The molecular formula is C16H22N4. The lowest BCUT2D eigenvalue weighted by molar-refractivity contribution is 0.724. The van der Waals surface area contributed by atoms with Gasteiger partial charge < -0.3 is 10.2 Å². The van der Waals surface area contributed by atoms with Gasteiger partial charge in [-0.2, -0.15) is 5.10 Å². The fourth-order valence-corrected chi connectivity index (χ4v) is 2.83. The predicted molar refractivity (Wildman–Crippen MR) is 83.2 cm³/mol. The molecule has 4 nitrogen and oxygen atoms in total. The van der Waals surface area contributed by atoms with Gasteiger partial charge in [0.1, 0.15) is 0 Å². The third-order valence-corrected chi connectivity index (χ3v) is 3.76. The highest BCUT2D eigenvalue weighted by Gasteiger charge is 2.13. The van der Waals surface area contributed by atoms with Crippen LogP contribution in [0.4, 0.5) is 5.82 Å². The van der Waals surface area contributed by atoms with E-state index in [2.05, 4.69) is 58.5 Å². The second kappa shape index (κ2) is 5.67. The summed E-state index contributed by atoms with van der Waals surface area (Å²) >= 11 is 0. The van der Waals surface area contributed by atoms with E-state index in [4.69, 9.17) is 0 Å². The van der Waals surface area contributed by atoms with Crippen LogP contribution in [-0.2, 0) is 0 Å². The molecule has 4 heteroatoms. The Morgan fingerprint density at radius 1 is 1.00 bits per heavy atom. The first-order valence-electron chi connectivity index (χ1n) is 7.32. The summed E-state index contributed by atoms with van der Waals surface area (Å²) in [5, 5.41) is 11.1. The Labute approximate surface area is 120 Å². The lowest BCUT2D eigenvalue weighted by Gasteiger charge is -2.18. The molecule has 2 N–H and O–H groups in total. The Morgan fingerprint density at radius 2 is 1.80 bits per heavy atom. The third kappa shape index (κ3) is 2.85. The van der Waals surface area contributed by atoms with Crippen molar-refractivity contribution in [2.75, 3.05) is 31.1 Å². The zero-order valence-electron chi connectivity index (χ0n) is 12.2. The molecule has 0 amide bonds. The number of aromatic nitrogens is 2. The van der Waals surface area contributed by atoms with Gasteiger partial charge in [-0.15, -0.1) is 0 Å². The van der Waals surface area contributed by atoms with Crippen molar-refractivity contribution in [2.45, 2.75) is 20.3 Å². The summed E-state index contributed by atoms with van der Waals surface area (Å²) in [6, 6.07) is 8.77. The minimum Gasteiger partial charge on any atom is -0.354 e. The number of aromatic amines is 1. The van der Waals surface area contributed by atoms with Crippen molar-refractivity contribution >= 4 is 5.82 Å². The van der Waals surface area contributed by atoms with E-state index in [9.17, 15) is 0 Å². The van der Waals surface area contributed by atoms with Crippen LogP contribution >= 0.6 is 0 Å². The van der Waals surface area contributed by atoms with Crippen LogP contribution in [0.5, 0.6) is 0 Å². The molecule has 0 aliphatic carbocycles. The molecule has 1 fully saturated rings. The predicted octanol–water partition coefficient (Wildman–Crippen LogP) is 2.49. The number of nitrogens with zero attached hydrogens (tertiary/aromatic N) is 2. The molecule has 0 atom stereocenters. The molecule has 3 rings (SSSR count). The van der Waals surface area contributed by atoms with Crippen molar-refractivity contribution < 1.29 is 0 Å². The van der Waals surface area contributed by atoms with Crippen LogP contribution in [-0.4, -0.2) is 36.4 Å². The number of aryl methyl sites for hydroxylation is 2. The molecule has 0 unspecified atom stereocenters. The van der Waals surface area contributed by atoms with Gasteiger partial charge in [0.25, 0.3) is 0 Å². The van der Waals surface area contributed by atoms with Crippen LogP contribution in [0.25, 0.3) is 11.3 Å². The molecule has 0 bridgehead atoms. The van der Waals surface area contributed by atoms with Crippen LogP contribution < -0.4 is 10.2 Å². The maximum absolute atomic E-state index is 4.49. The largest absolute Gasteiger partial charge is 0.354 e. The molecule has 1 saturated heterocycles. The summed E-state index contributed by atoms with van der Waals surface area (Å²) in [4.78, 5) is 2.35. The van der Waals surface area contributed by atoms with Gasteiger partial charge in [0, 0.05) is 31.3 Å². The van der Waals surface area contributed by atoms with E-state index in [1.807, 2.05) is 0 Å². The normalized spacial score (nSPS) is 16.2. The van der Waals surface area contributed by atoms with Crippen LogP contribution in [0.3, 0.4) is 0 Å². The Balaban J connectivity index is 1.85. The lowest BCUT2D eigenvalue weighted by atomic mass is 10.1. The quantitative estimate of drug-likeness (QED) is 0.881. The average Bonchev–Trinajstić information content (AvgIpc) is 2.74. The maximum atomic E-state index is 4.49. The van der Waals surface area contributed by atoms with Crippen molar-refractivity contribution in [1.82, 2.24) is 15.5 Å². The summed E-state index contributed by atoms with van der Waals surface area (Å²) < 4.78 is 0. The Hall–Kier alpha value is -1.81. The van der Waals surface area contributed by atoms with Gasteiger partial charge in [-0.1, -0.05) is 17.2 Å². The van der Waals surface area contributed by atoms with E-state index < -0.39 is 0 Å². The molecular weight excluding hydrogens is 248 g/mol. The highest BCUT2D eigenvalue weighted by Crippen LogP contribution is 2.24. The second-order valence-electron chi connectivity index (χ2n) is 5.61. The summed E-state index contributed by atoms with van der Waals surface area (Å²) in [6.45, 7) is 8.50. The summed E-state index contributed by atoms with van der Waals surface area (Å²) in [6.07, 6.45) is 1.17. The van der Waals surface area contributed by atoms with Gasteiger partial charge in [0.2, 0.25) is 0 Å². The Kier molecular flexibility index (Phi) is 3.74. The highest BCUT2D eigenvalue weighted by atomic mass is 15.3. The third-order valence-electron chi connectivity index (χ3n) is 3.76. The van der Waals surface area contributed by atoms with E-state index in [-0.39, 0.29) is 0 Å². The van der Waals surface area contributed by atoms with Crippen LogP contribution in [0.2, 0.25) is 0 Å². The van der Waals surface area contributed by atoms with Gasteiger partial charge in [-0.25, -0.2) is 0 Å². The van der Waals surface area contributed by atoms with Crippen molar-refractivity contribution in [1.29, 1.82) is 0 Å². The van der Waals surface area contributed by atoms with Crippen molar-refractivity contribution in [3.63, 3.8) is 0 Å². The van der Waals surface area contributed by atoms with Gasteiger partial charge in [0.15, 0.2) is 5.82 Å². The van der Waals surface area contributed by atoms with Crippen molar-refractivity contribution in [2.24, 2.45) is 0 Å². The van der Waals surface area contributed by atoms with Crippen molar-refractivity contribution in [3.05, 3.63) is 35.4 Å². The summed E-state index contributed by atoms with van der Waals surface area (Å²) in [5.41, 5.74) is 4.89. The fraction of sp³-hybridized carbons (Fsp3) is 0.438. The molecule has 106 valence electrons. The first-order valence-corrected chi connectivity index (χ1v) is 7.32. The van der Waals surface area contributed by atoms with Crippen LogP contribution in [0.1, 0.15) is 17.5 Å². The number of hydrogen-bond donors (Lipinski definition) is 2. The lowest BCUT2D eigenvalue weighted by Crippen LogP contribution is -2.28. The van der Waals surface area contributed by atoms with Gasteiger partial charge in [0.05, 0.1) is 5.69 Å². The fourth-order valence-electron chi connectivity index (χ4n) is 2.83. The number of nitrogens with one attached hydrogen (secondary N) is 2. The topological polar surface area (TPSA) is 44.0 Å². The monoisotopic (exact) mass is 270 g/mol. The molecule has 1 aromatic heterocycles. The summed E-state index contributed by atoms with van der Waals surface area (Å²) in [5.74, 6) is 1.06. The SMILES string of the molecule is Cc1cc(C)cc(-c2cc(N3CCCNCC3)n[nH]2)c1. The molecule has 0 spiro atoms. The number of rotatable bonds is 2. The van der Waals surface area contributed by atoms with E-state index in [0.717, 1.165) is 37.7 Å². The van der Waals surface area contributed by atoms with E-state index >= 15 is 0 Å². The smallest absolute Gasteiger partial charge is 0.151 e. The standard InChI is InChI=1S/C16H22N4/c1-12-8-13(2)10-14(9-12)15-11-16(19-18-15)20-6-3-4-17-5-7-20/h8-11,17H,3-7H2,1-2H3,(H,18,19). The Bertz CT molecular complexity index is 560. The van der Waals surface area contributed by atoms with Crippen LogP contribution in [0, 0.1) is 13.8 Å². The number of H-pyrrole nitrogens is 1. The molecule has 0 radical (unpaired) electrons. The average molecular weight is 270 g/mol. The van der Waals surface area contributed by atoms with Crippen LogP contribution in [0.15, 0.2) is 24.3 Å². The first-order chi connectivity index (χ1) is 9.72. The first kappa shape index (κ1) is 13.2. The second-order valence-corrected chi connectivity index (χ2v) is 5.61. The highest BCUT2D eigenvalue weighted by molar-refractivity contribution is 5.64. The molecule has 2 heterocycles. The zero-order valence-corrected chi connectivity index (χ0v) is 12.2. The van der Waals surface area contributed by atoms with E-state index in [1.165, 1.54) is 23.1 Å². The molecule has 1 aliphatic rings. The number of anilines is 1. The summed E-state index contributed by atoms with van der Waals surface area (Å²) in [7, 11) is 0. The number of hydrogen-bond acceptors (Lipinski definition) is 3. The number of benzene rings is 1. The molecule has 0 saturated carbocycles. The minimum atomic E-state index is 1.02.